The highest BCUT2D eigenvalue weighted by Crippen LogP contribution is 2.40. The lowest BCUT2D eigenvalue weighted by Crippen LogP contribution is -2.18. The monoisotopic (exact) mass is 183 g/mol. The van der Waals surface area contributed by atoms with Crippen LogP contribution in [0.15, 0.2) is 6.20 Å². The van der Waals surface area contributed by atoms with Gasteiger partial charge in [0.1, 0.15) is 5.60 Å². The minimum atomic E-state index is -0.536. The summed E-state index contributed by atoms with van der Waals surface area (Å²) in [4.78, 5) is 5.22. The number of aliphatic hydroxyl groups is 1. The van der Waals surface area contributed by atoms with Gasteiger partial charge in [0.15, 0.2) is 0 Å². The number of nitrogens with zero attached hydrogens (tertiary/aromatic N) is 1. The van der Waals surface area contributed by atoms with Crippen molar-refractivity contribution < 1.29 is 5.11 Å². The van der Waals surface area contributed by atoms with E-state index in [9.17, 15) is 5.11 Å². The molecule has 1 heterocycles. The van der Waals surface area contributed by atoms with E-state index in [1.807, 2.05) is 13.1 Å². The number of aryl methyl sites for hydroxylation is 1. The first-order valence-corrected chi connectivity index (χ1v) is 5.18. The van der Waals surface area contributed by atoms with E-state index in [-0.39, 0.29) is 0 Å². The zero-order chi connectivity index (χ0) is 8.60. The summed E-state index contributed by atoms with van der Waals surface area (Å²) in [5, 5.41) is 11.2. The van der Waals surface area contributed by atoms with Crippen molar-refractivity contribution in [1.29, 1.82) is 0 Å². The molecule has 0 aromatic carbocycles. The second kappa shape index (κ2) is 2.82. The van der Waals surface area contributed by atoms with Gasteiger partial charge >= 0.3 is 0 Å². The van der Waals surface area contributed by atoms with Crippen molar-refractivity contribution in [3.8, 4) is 0 Å². The molecule has 0 radical (unpaired) electrons. The molecule has 0 saturated heterocycles. The lowest BCUT2D eigenvalue weighted by Gasteiger charge is -2.19. The molecule has 2 rings (SSSR count). The van der Waals surface area contributed by atoms with Gasteiger partial charge in [-0.05, 0) is 19.8 Å². The van der Waals surface area contributed by atoms with Gasteiger partial charge in [-0.15, -0.1) is 11.3 Å². The van der Waals surface area contributed by atoms with Crippen LogP contribution >= 0.6 is 11.3 Å². The molecule has 12 heavy (non-hydrogen) atoms. The van der Waals surface area contributed by atoms with Crippen LogP contribution in [0.1, 0.15) is 35.6 Å². The van der Waals surface area contributed by atoms with Crippen LogP contribution in [0.4, 0.5) is 0 Å². The number of rotatable bonds is 1. The summed E-state index contributed by atoms with van der Waals surface area (Å²) < 4.78 is 0. The van der Waals surface area contributed by atoms with Gasteiger partial charge in [0.25, 0.3) is 0 Å². The number of hydrogen-bond donors (Lipinski definition) is 1. The zero-order valence-corrected chi connectivity index (χ0v) is 8.02. The number of hydrogen-bond acceptors (Lipinski definition) is 3. The van der Waals surface area contributed by atoms with Crippen molar-refractivity contribution in [3.63, 3.8) is 0 Å². The van der Waals surface area contributed by atoms with Crippen molar-refractivity contribution in [1.82, 2.24) is 4.98 Å². The van der Waals surface area contributed by atoms with Crippen molar-refractivity contribution >= 4 is 11.3 Å². The molecule has 1 aliphatic carbocycles. The largest absolute Gasteiger partial charge is 0.384 e. The van der Waals surface area contributed by atoms with Crippen LogP contribution in [0, 0.1) is 6.92 Å². The van der Waals surface area contributed by atoms with Crippen LogP contribution in [0.25, 0.3) is 0 Å². The van der Waals surface area contributed by atoms with Crippen LogP contribution in [0.3, 0.4) is 0 Å². The summed E-state index contributed by atoms with van der Waals surface area (Å²) in [6.45, 7) is 1.98. The van der Waals surface area contributed by atoms with Crippen molar-refractivity contribution in [3.05, 3.63) is 16.1 Å². The third-order valence-electron chi connectivity index (χ3n) is 2.51. The van der Waals surface area contributed by atoms with Crippen LogP contribution < -0.4 is 0 Å². The lowest BCUT2D eigenvalue weighted by atomic mass is 10.0. The van der Waals surface area contributed by atoms with Gasteiger partial charge < -0.3 is 5.11 Å². The van der Waals surface area contributed by atoms with Crippen molar-refractivity contribution in [2.45, 2.75) is 38.2 Å². The second-order valence-electron chi connectivity index (χ2n) is 3.48. The van der Waals surface area contributed by atoms with E-state index in [1.165, 1.54) is 0 Å². The van der Waals surface area contributed by atoms with Gasteiger partial charge in [-0.25, -0.2) is 4.98 Å². The minimum absolute atomic E-state index is 0.536. The summed E-state index contributed by atoms with van der Waals surface area (Å²) in [7, 11) is 0. The lowest BCUT2D eigenvalue weighted by molar-refractivity contribution is 0.0481. The normalized spacial score (nSPS) is 21.5. The maximum Gasteiger partial charge on any atom is 0.100 e. The molecule has 0 bridgehead atoms. The van der Waals surface area contributed by atoms with E-state index >= 15 is 0 Å². The zero-order valence-electron chi connectivity index (χ0n) is 7.21. The van der Waals surface area contributed by atoms with Crippen LogP contribution in [-0.2, 0) is 5.60 Å². The van der Waals surface area contributed by atoms with E-state index in [0.717, 1.165) is 35.6 Å². The Morgan fingerprint density at radius 1 is 1.50 bits per heavy atom. The summed E-state index contributed by atoms with van der Waals surface area (Å²) >= 11 is 1.62. The molecule has 0 amide bonds. The molecule has 0 aliphatic heterocycles. The van der Waals surface area contributed by atoms with E-state index in [1.54, 1.807) is 11.3 Å². The molecule has 66 valence electrons. The SMILES string of the molecule is Cc1ncc(C2(O)CCCC2)s1. The molecule has 1 aromatic rings. The Kier molecular flexibility index (Phi) is 1.93. The maximum absolute atomic E-state index is 10.1. The second-order valence-corrected chi connectivity index (χ2v) is 4.72. The summed E-state index contributed by atoms with van der Waals surface area (Å²) in [6.07, 6.45) is 5.94. The minimum Gasteiger partial charge on any atom is -0.384 e. The molecule has 0 unspecified atom stereocenters. The molecular weight excluding hydrogens is 170 g/mol. The third kappa shape index (κ3) is 1.27. The Morgan fingerprint density at radius 2 is 2.17 bits per heavy atom. The maximum atomic E-state index is 10.1. The highest BCUT2D eigenvalue weighted by atomic mass is 32.1. The Hall–Kier alpha value is -0.410. The van der Waals surface area contributed by atoms with Gasteiger partial charge in [0, 0.05) is 6.20 Å². The van der Waals surface area contributed by atoms with E-state index in [4.69, 9.17) is 0 Å². The smallest absolute Gasteiger partial charge is 0.100 e. The Labute approximate surface area is 76.3 Å². The van der Waals surface area contributed by atoms with Crippen LogP contribution in [0.2, 0.25) is 0 Å². The average molecular weight is 183 g/mol. The van der Waals surface area contributed by atoms with Gasteiger partial charge in [-0.3, -0.25) is 0 Å². The number of thiazole rings is 1. The topological polar surface area (TPSA) is 33.1 Å². The van der Waals surface area contributed by atoms with Crippen molar-refractivity contribution in [2.24, 2.45) is 0 Å². The molecule has 0 spiro atoms. The predicted octanol–water partition coefficient (Wildman–Crippen LogP) is 2.21. The van der Waals surface area contributed by atoms with Gasteiger partial charge in [-0.2, -0.15) is 0 Å². The first-order valence-electron chi connectivity index (χ1n) is 4.36. The molecule has 1 fully saturated rings. The fourth-order valence-corrected chi connectivity index (χ4v) is 2.71. The number of aromatic nitrogens is 1. The highest BCUT2D eigenvalue weighted by molar-refractivity contribution is 7.11. The summed E-state index contributed by atoms with van der Waals surface area (Å²) in [6, 6.07) is 0. The highest BCUT2D eigenvalue weighted by Gasteiger charge is 2.34. The molecule has 1 aliphatic rings. The average Bonchev–Trinajstić information content (AvgIpc) is 2.59. The van der Waals surface area contributed by atoms with Crippen molar-refractivity contribution in [2.75, 3.05) is 0 Å². The first-order chi connectivity index (χ1) is 5.71. The fraction of sp³-hybridized carbons (Fsp3) is 0.667. The first kappa shape index (κ1) is 8.20. The van der Waals surface area contributed by atoms with Gasteiger partial charge in [-0.1, -0.05) is 12.8 Å². The van der Waals surface area contributed by atoms with Gasteiger partial charge in [0.2, 0.25) is 0 Å². The fourth-order valence-electron chi connectivity index (χ4n) is 1.78. The summed E-state index contributed by atoms with van der Waals surface area (Å²) in [5.74, 6) is 0. The van der Waals surface area contributed by atoms with E-state index in [2.05, 4.69) is 4.98 Å². The Balaban J connectivity index is 2.28. The molecule has 2 nitrogen and oxygen atoms in total. The molecule has 1 saturated carbocycles. The quantitative estimate of drug-likeness (QED) is 0.724. The van der Waals surface area contributed by atoms with E-state index < -0.39 is 5.60 Å². The third-order valence-corrected chi connectivity index (χ3v) is 3.62. The molecule has 1 N–H and O–H groups in total. The molecular formula is C9H13NOS. The summed E-state index contributed by atoms with van der Waals surface area (Å²) in [5.41, 5.74) is -0.536. The van der Waals surface area contributed by atoms with Gasteiger partial charge in [0.05, 0.1) is 9.88 Å². The Morgan fingerprint density at radius 3 is 2.67 bits per heavy atom. The van der Waals surface area contributed by atoms with Crippen LogP contribution in [0.5, 0.6) is 0 Å². The molecule has 3 heteroatoms. The standard InChI is InChI=1S/C9H13NOS/c1-7-10-6-8(12-7)9(11)4-2-3-5-9/h6,11H,2-5H2,1H3. The molecule has 1 aromatic heterocycles. The Bertz CT molecular complexity index is 276. The predicted molar refractivity (Wildman–Crippen MR) is 49.2 cm³/mol. The van der Waals surface area contributed by atoms with E-state index in [0.29, 0.717) is 0 Å². The molecule has 0 atom stereocenters. The van der Waals surface area contributed by atoms with Crippen LogP contribution in [-0.4, -0.2) is 10.1 Å².